The fourth-order valence-electron chi connectivity index (χ4n) is 0.879. The molecule has 0 saturated heterocycles. The lowest BCUT2D eigenvalue weighted by atomic mass is 10.2. The first-order valence-electron chi connectivity index (χ1n) is 3.75. The zero-order valence-electron chi connectivity index (χ0n) is 7.19. The fraction of sp³-hybridized carbons (Fsp3) is 0.100. The smallest absolute Gasteiger partial charge is 0.0643 e. The molecule has 0 radical (unpaired) electrons. The number of rotatable bonds is 3. The lowest BCUT2D eigenvalue weighted by Gasteiger charge is -1.97. The molecule has 0 aliphatic heterocycles. The first-order chi connectivity index (χ1) is 6.22. The molecule has 1 aromatic rings. The first-order valence-corrected chi connectivity index (χ1v) is 4.98. The van der Waals surface area contributed by atoms with Gasteiger partial charge in [0.25, 0.3) is 0 Å². The highest BCUT2D eigenvalue weighted by atomic mass is 32.2. The lowest BCUT2D eigenvalue weighted by Crippen LogP contribution is -2.18. The van der Waals surface area contributed by atoms with Gasteiger partial charge in [0, 0.05) is 4.90 Å². The van der Waals surface area contributed by atoms with Crippen LogP contribution in [0.15, 0.2) is 35.2 Å². The van der Waals surface area contributed by atoms with Gasteiger partial charge in [-0.2, -0.15) is 0 Å². The molecular weight excluding hydrogens is 184 g/mol. The average Bonchev–Trinajstić information content (AvgIpc) is 2.15. The van der Waals surface area contributed by atoms with Crippen molar-refractivity contribution in [1.29, 1.82) is 0 Å². The van der Waals surface area contributed by atoms with E-state index in [2.05, 4.69) is 0 Å². The highest BCUT2D eigenvalue weighted by molar-refractivity contribution is 7.98. The summed E-state index contributed by atoms with van der Waals surface area (Å²) in [4.78, 5) is 11.3. The lowest BCUT2D eigenvalue weighted by molar-refractivity contribution is -0.297. The van der Waals surface area contributed by atoms with Gasteiger partial charge < -0.3 is 9.90 Å². The van der Waals surface area contributed by atoms with Gasteiger partial charge in [-0.25, -0.2) is 0 Å². The third-order valence-electron chi connectivity index (χ3n) is 1.53. The fourth-order valence-corrected chi connectivity index (χ4v) is 1.29. The van der Waals surface area contributed by atoms with Gasteiger partial charge in [-0.05, 0) is 30.0 Å². The molecule has 68 valence electrons. The predicted molar refractivity (Wildman–Crippen MR) is 52.3 cm³/mol. The maximum Gasteiger partial charge on any atom is 0.0643 e. The molecule has 13 heavy (non-hydrogen) atoms. The molecule has 0 atom stereocenters. The summed E-state index contributed by atoms with van der Waals surface area (Å²) in [6.07, 6.45) is 4.53. The van der Waals surface area contributed by atoms with Crippen LogP contribution < -0.4 is 5.11 Å². The molecule has 0 heterocycles. The number of carbonyl (C=O) groups is 1. The SMILES string of the molecule is CSc1ccc(/C=C/C(=O)[O-])cc1. The summed E-state index contributed by atoms with van der Waals surface area (Å²) in [5, 5.41) is 10.1. The van der Waals surface area contributed by atoms with Crippen molar-refractivity contribution in [3.8, 4) is 0 Å². The van der Waals surface area contributed by atoms with Crippen LogP contribution in [-0.4, -0.2) is 12.2 Å². The maximum absolute atomic E-state index is 10.1. The van der Waals surface area contributed by atoms with E-state index in [1.165, 1.54) is 6.08 Å². The van der Waals surface area contributed by atoms with Crippen molar-refractivity contribution in [3.05, 3.63) is 35.9 Å². The van der Waals surface area contributed by atoms with E-state index in [0.717, 1.165) is 16.5 Å². The van der Waals surface area contributed by atoms with Crippen LogP contribution in [0.4, 0.5) is 0 Å². The van der Waals surface area contributed by atoms with Crippen molar-refractivity contribution < 1.29 is 9.90 Å². The van der Waals surface area contributed by atoms with Gasteiger partial charge in [-0.15, -0.1) is 11.8 Å². The molecule has 1 rings (SSSR count). The summed E-state index contributed by atoms with van der Waals surface area (Å²) < 4.78 is 0. The van der Waals surface area contributed by atoms with Crippen LogP contribution in [0.2, 0.25) is 0 Å². The Kier molecular flexibility index (Phi) is 3.58. The van der Waals surface area contributed by atoms with E-state index in [0.29, 0.717) is 0 Å². The van der Waals surface area contributed by atoms with E-state index in [-0.39, 0.29) is 0 Å². The summed E-state index contributed by atoms with van der Waals surface area (Å²) in [6, 6.07) is 7.62. The minimum Gasteiger partial charge on any atom is -0.545 e. The second-order valence-corrected chi connectivity index (χ2v) is 3.31. The average molecular weight is 193 g/mol. The summed E-state index contributed by atoms with van der Waals surface area (Å²) in [6.45, 7) is 0. The van der Waals surface area contributed by atoms with Gasteiger partial charge in [0.2, 0.25) is 0 Å². The molecule has 0 bridgehead atoms. The molecular formula is C10H9O2S-. The second kappa shape index (κ2) is 4.72. The molecule has 0 aromatic heterocycles. The van der Waals surface area contributed by atoms with Gasteiger partial charge in [0.15, 0.2) is 0 Å². The Morgan fingerprint density at radius 3 is 2.46 bits per heavy atom. The number of hydrogen-bond donors (Lipinski definition) is 0. The minimum atomic E-state index is -1.17. The molecule has 0 unspecified atom stereocenters. The second-order valence-electron chi connectivity index (χ2n) is 2.43. The molecule has 0 aliphatic rings. The van der Waals surface area contributed by atoms with Crippen molar-refractivity contribution in [2.24, 2.45) is 0 Å². The molecule has 1 aromatic carbocycles. The first kappa shape index (κ1) is 9.86. The zero-order valence-corrected chi connectivity index (χ0v) is 8.01. The Morgan fingerprint density at radius 1 is 1.38 bits per heavy atom. The highest BCUT2D eigenvalue weighted by Gasteiger charge is 1.88. The predicted octanol–water partition coefficient (Wildman–Crippen LogP) is 1.17. The topological polar surface area (TPSA) is 40.1 Å². The molecule has 0 amide bonds. The summed E-state index contributed by atoms with van der Waals surface area (Å²) in [7, 11) is 0. The van der Waals surface area contributed by atoms with Crippen LogP contribution in [-0.2, 0) is 4.79 Å². The van der Waals surface area contributed by atoms with E-state index < -0.39 is 5.97 Å². The Balaban J connectivity index is 2.75. The number of carboxylic acid groups (broad SMARTS) is 1. The van der Waals surface area contributed by atoms with E-state index in [1.807, 2.05) is 30.5 Å². The maximum atomic E-state index is 10.1. The monoisotopic (exact) mass is 193 g/mol. The van der Waals surface area contributed by atoms with Crippen LogP contribution in [0, 0.1) is 0 Å². The van der Waals surface area contributed by atoms with Gasteiger partial charge in [-0.3, -0.25) is 0 Å². The largest absolute Gasteiger partial charge is 0.545 e. The molecule has 0 fully saturated rings. The van der Waals surface area contributed by atoms with Crippen molar-refractivity contribution in [3.63, 3.8) is 0 Å². The van der Waals surface area contributed by atoms with Crippen LogP contribution in [0.5, 0.6) is 0 Å². The van der Waals surface area contributed by atoms with E-state index in [4.69, 9.17) is 0 Å². The number of benzene rings is 1. The molecule has 0 N–H and O–H groups in total. The van der Waals surface area contributed by atoms with Crippen LogP contribution in [0.3, 0.4) is 0 Å². The van der Waals surface area contributed by atoms with Crippen molar-refractivity contribution >= 4 is 23.8 Å². The Labute approximate surface area is 81.3 Å². The van der Waals surface area contributed by atoms with Gasteiger partial charge in [-0.1, -0.05) is 18.2 Å². The third-order valence-corrected chi connectivity index (χ3v) is 2.27. The Morgan fingerprint density at radius 2 is 2.00 bits per heavy atom. The van der Waals surface area contributed by atoms with Crippen LogP contribution in [0.25, 0.3) is 6.08 Å². The van der Waals surface area contributed by atoms with E-state index >= 15 is 0 Å². The number of hydrogen-bond acceptors (Lipinski definition) is 3. The van der Waals surface area contributed by atoms with Gasteiger partial charge in [0.05, 0.1) is 5.97 Å². The molecule has 0 aliphatic carbocycles. The Hall–Kier alpha value is -1.22. The highest BCUT2D eigenvalue weighted by Crippen LogP contribution is 2.15. The number of aliphatic carboxylic acids is 1. The molecule has 0 spiro atoms. The zero-order chi connectivity index (χ0) is 9.68. The molecule has 3 heteroatoms. The van der Waals surface area contributed by atoms with E-state index in [9.17, 15) is 9.90 Å². The summed E-state index contributed by atoms with van der Waals surface area (Å²) >= 11 is 1.65. The quantitative estimate of drug-likeness (QED) is 0.534. The van der Waals surface area contributed by atoms with Crippen LogP contribution in [0.1, 0.15) is 5.56 Å². The number of carboxylic acids is 1. The molecule has 2 nitrogen and oxygen atoms in total. The van der Waals surface area contributed by atoms with Crippen molar-refractivity contribution in [2.75, 3.05) is 6.26 Å². The van der Waals surface area contributed by atoms with Crippen molar-refractivity contribution in [1.82, 2.24) is 0 Å². The van der Waals surface area contributed by atoms with E-state index in [1.54, 1.807) is 11.8 Å². The number of thioether (sulfide) groups is 1. The minimum absolute atomic E-state index is 0.863. The molecule has 0 saturated carbocycles. The van der Waals surface area contributed by atoms with Crippen molar-refractivity contribution in [2.45, 2.75) is 4.90 Å². The summed E-state index contributed by atoms with van der Waals surface area (Å²) in [5.74, 6) is -1.17. The van der Waals surface area contributed by atoms with Gasteiger partial charge in [0.1, 0.15) is 0 Å². The standard InChI is InChI=1S/C10H10O2S/c1-13-9-5-2-8(3-6-9)4-7-10(11)12/h2-7H,1H3,(H,11,12)/p-1/b7-4+. The normalized spacial score (nSPS) is 10.5. The number of carbonyl (C=O) groups excluding carboxylic acids is 1. The van der Waals surface area contributed by atoms with Crippen LogP contribution >= 0.6 is 11.8 Å². The summed E-state index contributed by atoms with van der Waals surface area (Å²) in [5.41, 5.74) is 0.863. The Bertz CT molecular complexity index is 314. The van der Waals surface area contributed by atoms with Gasteiger partial charge >= 0.3 is 0 Å². The third kappa shape index (κ3) is 3.34.